The number of aromatic nitrogens is 1. The minimum atomic E-state index is -3.67. The SMILES string of the molecule is CC(C)(C)C(CO)NC(=O)c1ccc(-c2sccc2C(=O)Nc2ccc(C(=N)N)cc2)c(C(=O)O)n1.CS(=O)(=O)O. The summed E-state index contributed by atoms with van der Waals surface area (Å²) in [5.74, 6) is -2.52. The fourth-order valence-corrected chi connectivity index (χ4v) is 4.25. The number of carbonyl (C=O) groups excluding carboxylic acids is 2. The Kier molecular flexibility index (Phi) is 10.8. The Hall–Kier alpha value is -4.18. The molecule has 3 rings (SSSR count). The van der Waals surface area contributed by atoms with Crippen molar-refractivity contribution in [3.63, 3.8) is 0 Å². The van der Waals surface area contributed by atoms with E-state index in [4.69, 9.17) is 15.7 Å². The molecule has 8 N–H and O–H groups in total. The Morgan fingerprint density at radius 1 is 1.07 bits per heavy atom. The lowest BCUT2D eigenvalue weighted by molar-refractivity contribution is 0.0690. The molecule has 0 aliphatic rings. The minimum absolute atomic E-state index is 0.0934. The van der Waals surface area contributed by atoms with Gasteiger partial charge in [0, 0.05) is 21.7 Å². The number of nitrogens with one attached hydrogen (secondary N) is 3. The third-order valence-corrected chi connectivity index (χ3v) is 6.42. The van der Waals surface area contributed by atoms with E-state index in [-0.39, 0.29) is 35.0 Å². The number of thiophene rings is 1. The van der Waals surface area contributed by atoms with E-state index in [1.807, 2.05) is 20.8 Å². The highest BCUT2D eigenvalue weighted by Crippen LogP contribution is 2.33. The number of hydrogen-bond acceptors (Lipinski definition) is 9. The lowest BCUT2D eigenvalue weighted by Gasteiger charge is -2.29. The summed E-state index contributed by atoms with van der Waals surface area (Å²) in [6.45, 7) is 5.28. The first-order valence-corrected chi connectivity index (χ1v) is 14.6. The lowest BCUT2D eigenvalue weighted by Crippen LogP contribution is -2.46. The average molecular weight is 606 g/mol. The van der Waals surface area contributed by atoms with Crippen molar-refractivity contribution in [2.75, 3.05) is 18.2 Å². The van der Waals surface area contributed by atoms with Crippen molar-refractivity contribution < 1.29 is 37.6 Å². The van der Waals surface area contributed by atoms with Gasteiger partial charge in [-0.2, -0.15) is 8.42 Å². The fraction of sp³-hybridized carbons (Fsp3) is 0.269. The molecule has 1 unspecified atom stereocenters. The first kappa shape index (κ1) is 33.0. The Bertz CT molecular complexity index is 1540. The van der Waals surface area contributed by atoms with Gasteiger partial charge in [0.1, 0.15) is 11.5 Å². The molecule has 0 radical (unpaired) electrons. The number of benzene rings is 1. The number of nitrogens with zero attached hydrogens (tertiary/aromatic N) is 1. The molecule has 0 spiro atoms. The molecule has 1 aromatic carbocycles. The summed E-state index contributed by atoms with van der Waals surface area (Å²) in [7, 11) is -3.67. The first-order chi connectivity index (χ1) is 18.9. The van der Waals surface area contributed by atoms with Gasteiger partial charge in [0.15, 0.2) is 5.69 Å². The van der Waals surface area contributed by atoms with E-state index in [9.17, 15) is 33.0 Å². The number of amides is 2. The number of nitrogens with two attached hydrogens (primary N) is 1. The summed E-state index contributed by atoms with van der Waals surface area (Å²) in [6, 6.07) is 10.3. The summed E-state index contributed by atoms with van der Waals surface area (Å²) >= 11 is 1.17. The summed E-state index contributed by atoms with van der Waals surface area (Å²) in [4.78, 5) is 42.2. The van der Waals surface area contributed by atoms with Crippen LogP contribution < -0.4 is 16.4 Å². The highest BCUT2D eigenvalue weighted by molar-refractivity contribution is 7.85. The molecule has 2 heterocycles. The molecule has 2 amide bonds. The lowest BCUT2D eigenvalue weighted by atomic mass is 9.87. The maximum absolute atomic E-state index is 13.0. The van der Waals surface area contributed by atoms with E-state index in [1.165, 1.54) is 23.5 Å². The molecule has 0 fully saturated rings. The van der Waals surface area contributed by atoms with Crippen LogP contribution in [0, 0.1) is 10.8 Å². The Labute approximate surface area is 240 Å². The van der Waals surface area contributed by atoms with E-state index in [2.05, 4.69) is 15.6 Å². The molecule has 1 atom stereocenters. The van der Waals surface area contributed by atoms with Crippen molar-refractivity contribution in [2.45, 2.75) is 26.8 Å². The summed E-state index contributed by atoms with van der Waals surface area (Å²) < 4.78 is 25.9. The monoisotopic (exact) mass is 605 g/mol. The maximum atomic E-state index is 13.0. The molecule has 41 heavy (non-hydrogen) atoms. The van der Waals surface area contributed by atoms with E-state index in [0.29, 0.717) is 22.4 Å². The Morgan fingerprint density at radius 2 is 1.66 bits per heavy atom. The normalized spacial score (nSPS) is 12.0. The second-order valence-corrected chi connectivity index (χ2v) is 12.2. The van der Waals surface area contributed by atoms with Crippen molar-refractivity contribution in [1.29, 1.82) is 5.41 Å². The molecule has 0 bridgehead atoms. The van der Waals surface area contributed by atoms with Gasteiger partial charge in [-0.05, 0) is 53.3 Å². The summed E-state index contributed by atoms with van der Waals surface area (Å²) in [5.41, 5.74) is 5.96. The molecule has 0 aliphatic heterocycles. The van der Waals surface area contributed by atoms with Crippen LogP contribution in [0.25, 0.3) is 10.4 Å². The molecular formula is C26H31N5O8S2. The van der Waals surface area contributed by atoms with Gasteiger partial charge >= 0.3 is 5.97 Å². The van der Waals surface area contributed by atoms with Crippen molar-refractivity contribution in [1.82, 2.24) is 10.3 Å². The largest absolute Gasteiger partial charge is 0.476 e. The van der Waals surface area contributed by atoms with Gasteiger partial charge in [0.05, 0.1) is 24.5 Å². The van der Waals surface area contributed by atoms with Crippen LogP contribution in [0.4, 0.5) is 5.69 Å². The van der Waals surface area contributed by atoms with E-state index in [1.54, 1.807) is 35.7 Å². The quantitative estimate of drug-likeness (QED) is 0.113. The standard InChI is InChI=1S/C25H27N5O5S.CH4O3S/c1-25(2,3)18(12-31)30-23(33)17-9-8-15(19(29-17)24(34)35)20-16(10-11-36-20)22(32)28-14-6-4-13(5-7-14)21(26)27;1-5(2,3)4/h4-11,18,31H,12H2,1-3H3,(H3,26,27)(H,28,32)(H,30,33)(H,34,35);1H3,(H,2,3,4). The highest BCUT2D eigenvalue weighted by Gasteiger charge is 2.28. The van der Waals surface area contributed by atoms with Gasteiger partial charge in [-0.15, -0.1) is 11.3 Å². The zero-order valence-corrected chi connectivity index (χ0v) is 24.3. The van der Waals surface area contributed by atoms with Gasteiger partial charge in [0.2, 0.25) is 0 Å². The topological polar surface area (TPSA) is 233 Å². The van der Waals surface area contributed by atoms with Crippen LogP contribution in [0.3, 0.4) is 0 Å². The van der Waals surface area contributed by atoms with Crippen molar-refractivity contribution >= 4 is 50.8 Å². The molecule has 3 aromatic rings. The number of aromatic carboxylic acids is 1. The van der Waals surface area contributed by atoms with Crippen molar-refractivity contribution in [3.05, 3.63) is 70.4 Å². The number of hydrogen-bond donors (Lipinski definition) is 7. The van der Waals surface area contributed by atoms with Crippen molar-refractivity contribution in [3.8, 4) is 10.4 Å². The Balaban J connectivity index is 0.00000108. The van der Waals surface area contributed by atoms with E-state index in [0.717, 1.165) is 0 Å². The highest BCUT2D eigenvalue weighted by atomic mass is 32.2. The smallest absolute Gasteiger partial charge is 0.355 e. The predicted molar refractivity (Wildman–Crippen MR) is 155 cm³/mol. The van der Waals surface area contributed by atoms with Crippen LogP contribution in [-0.4, -0.2) is 70.7 Å². The molecule has 2 aromatic heterocycles. The number of aliphatic hydroxyl groups is 1. The second-order valence-electron chi connectivity index (χ2n) is 9.81. The van der Waals surface area contributed by atoms with Gasteiger partial charge in [-0.25, -0.2) is 9.78 Å². The molecule has 0 saturated heterocycles. The molecule has 15 heteroatoms. The molecule has 13 nitrogen and oxygen atoms in total. The molecule has 0 saturated carbocycles. The number of rotatable bonds is 8. The molecular weight excluding hydrogens is 574 g/mol. The van der Waals surface area contributed by atoms with E-state index >= 15 is 0 Å². The second kappa shape index (κ2) is 13.5. The number of amidine groups is 1. The Morgan fingerprint density at radius 3 is 2.15 bits per heavy atom. The maximum Gasteiger partial charge on any atom is 0.355 e. The number of carboxylic acid groups (broad SMARTS) is 1. The third kappa shape index (κ3) is 9.75. The minimum Gasteiger partial charge on any atom is -0.476 e. The zero-order valence-electron chi connectivity index (χ0n) is 22.6. The number of carbonyl (C=O) groups is 3. The van der Waals surface area contributed by atoms with Crippen molar-refractivity contribution in [2.24, 2.45) is 11.1 Å². The number of nitrogen functional groups attached to an aromatic ring is 1. The van der Waals surface area contributed by atoms with E-state index < -0.39 is 39.4 Å². The predicted octanol–water partition coefficient (Wildman–Crippen LogP) is 2.69. The zero-order chi connectivity index (χ0) is 31.1. The van der Waals surface area contributed by atoms with Gasteiger partial charge in [0.25, 0.3) is 21.9 Å². The van der Waals surface area contributed by atoms with Crippen LogP contribution in [0.2, 0.25) is 0 Å². The number of anilines is 1. The molecule has 220 valence electrons. The number of pyridine rings is 1. The van der Waals surface area contributed by atoms with Crippen LogP contribution in [-0.2, 0) is 10.1 Å². The number of carboxylic acids is 1. The van der Waals surface area contributed by atoms with Gasteiger partial charge < -0.3 is 26.6 Å². The van der Waals surface area contributed by atoms with Gasteiger partial charge in [-0.1, -0.05) is 20.8 Å². The third-order valence-electron chi connectivity index (χ3n) is 5.47. The summed E-state index contributed by atoms with van der Waals surface area (Å²) in [6.07, 6.45) is 0.715. The van der Waals surface area contributed by atoms with Gasteiger partial charge in [-0.3, -0.25) is 19.6 Å². The first-order valence-electron chi connectivity index (χ1n) is 11.8. The average Bonchev–Trinajstić information content (AvgIpc) is 3.35. The van der Waals surface area contributed by atoms with Crippen LogP contribution in [0.1, 0.15) is 57.7 Å². The van der Waals surface area contributed by atoms with Crippen LogP contribution >= 0.6 is 11.3 Å². The summed E-state index contributed by atoms with van der Waals surface area (Å²) in [5, 5.41) is 34.0. The van der Waals surface area contributed by atoms with Crippen LogP contribution in [0.5, 0.6) is 0 Å². The molecule has 0 aliphatic carbocycles. The van der Waals surface area contributed by atoms with Crippen LogP contribution in [0.15, 0.2) is 47.8 Å². The number of aliphatic hydroxyl groups excluding tert-OH is 1. The fourth-order valence-electron chi connectivity index (χ4n) is 3.33.